The van der Waals surface area contributed by atoms with Gasteiger partial charge in [-0.1, -0.05) is 48.0 Å². The summed E-state index contributed by atoms with van der Waals surface area (Å²) in [6.45, 7) is 0.518. The summed E-state index contributed by atoms with van der Waals surface area (Å²) >= 11 is 11.4. The Morgan fingerprint density at radius 2 is 1.83 bits per heavy atom. The van der Waals surface area contributed by atoms with Gasteiger partial charge in [-0.25, -0.2) is 0 Å². The molecule has 0 aliphatic carbocycles. The summed E-state index contributed by atoms with van der Waals surface area (Å²) in [6.07, 6.45) is 0.740. The van der Waals surface area contributed by atoms with Crippen LogP contribution in [0.4, 0.5) is 0 Å². The largest absolute Gasteiger partial charge is 0.352 e. The highest BCUT2D eigenvalue weighted by atomic mass is 35.5. The van der Waals surface area contributed by atoms with Crippen molar-refractivity contribution in [2.45, 2.75) is 6.42 Å². The minimum atomic E-state index is -0.271. The number of aromatic nitrogens is 2. The Hall–Kier alpha value is -3.22. The summed E-state index contributed by atoms with van der Waals surface area (Å²) in [4.78, 5) is 28.6. The number of nitrogens with zero attached hydrogens (tertiary/aromatic N) is 1. The molecular weight excluding hydrogens is 418 g/mol. The van der Waals surface area contributed by atoms with E-state index in [1.165, 1.54) is 4.57 Å². The van der Waals surface area contributed by atoms with Gasteiger partial charge >= 0.3 is 0 Å². The second kappa shape index (κ2) is 8.65. The molecule has 2 N–H and O–H groups in total. The van der Waals surface area contributed by atoms with E-state index in [4.69, 9.17) is 23.8 Å². The summed E-state index contributed by atoms with van der Waals surface area (Å²) in [7, 11) is 0. The van der Waals surface area contributed by atoms with E-state index in [9.17, 15) is 9.59 Å². The van der Waals surface area contributed by atoms with Crippen molar-refractivity contribution in [3.8, 4) is 5.69 Å². The third-order valence-electron chi connectivity index (χ3n) is 4.77. The van der Waals surface area contributed by atoms with Crippen molar-refractivity contribution in [2.75, 3.05) is 6.54 Å². The van der Waals surface area contributed by atoms with Crippen LogP contribution in [0.5, 0.6) is 0 Å². The lowest BCUT2D eigenvalue weighted by molar-refractivity contribution is 0.0954. The van der Waals surface area contributed by atoms with Crippen molar-refractivity contribution in [3.63, 3.8) is 0 Å². The number of aromatic amines is 1. The summed E-state index contributed by atoms with van der Waals surface area (Å²) in [6, 6.07) is 21.8. The molecule has 1 heterocycles. The molecule has 0 radical (unpaired) electrons. The van der Waals surface area contributed by atoms with Gasteiger partial charge in [-0.15, -0.1) is 0 Å². The molecule has 0 bridgehead atoms. The van der Waals surface area contributed by atoms with Gasteiger partial charge in [0.1, 0.15) is 0 Å². The standard InChI is InChI=1S/C23H18ClN3O2S/c24-17-9-10-19-20(14-17)26-23(30)27(22(19)29)18-8-4-7-16(13-18)21(28)25-12-11-15-5-2-1-3-6-15/h1-10,13-14H,11-12H2,(H,25,28)(H,26,30). The predicted octanol–water partition coefficient (Wildman–Crippen LogP) is 4.67. The zero-order chi connectivity index (χ0) is 21.1. The highest BCUT2D eigenvalue weighted by molar-refractivity contribution is 7.71. The number of fused-ring (bicyclic) bond motifs is 1. The number of carbonyl (C=O) groups is 1. The molecule has 0 fully saturated rings. The number of hydrogen-bond donors (Lipinski definition) is 2. The van der Waals surface area contributed by atoms with Crippen molar-refractivity contribution in [2.24, 2.45) is 0 Å². The van der Waals surface area contributed by atoms with Crippen molar-refractivity contribution in [1.82, 2.24) is 14.9 Å². The maximum atomic E-state index is 13.0. The highest BCUT2D eigenvalue weighted by Crippen LogP contribution is 2.17. The average Bonchev–Trinajstić information content (AvgIpc) is 2.74. The molecule has 4 rings (SSSR count). The first kappa shape index (κ1) is 20.1. The molecule has 30 heavy (non-hydrogen) atoms. The number of nitrogens with one attached hydrogen (secondary N) is 2. The molecule has 0 aliphatic rings. The van der Waals surface area contributed by atoms with Crippen molar-refractivity contribution in [3.05, 3.63) is 104 Å². The normalized spacial score (nSPS) is 10.8. The molecule has 1 aromatic heterocycles. The molecule has 3 aromatic carbocycles. The van der Waals surface area contributed by atoms with Gasteiger partial charge in [0.2, 0.25) is 0 Å². The Morgan fingerprint density at radius 1 is 1.03 bits per heavy atom. The van der Waals surface area contributed by atoms with Gasteiger partial charge in [-0.3, -0.25) is 14.2 Å². The van der Waals surface area contributed by atoms with E-state index in [0.717, 1.165) is 12.0 Å². The lowest BCUT2D eigenvalue weighted by atomic mass is 10.1. The number of H-pyrrole nitrogens is 1. The first-order valence-electron chi connectivity index (χ1n) is 9.40. The van der Waals surface area contributed by atoms with Crippen molar-refractivity contribution in [1.29, 1.82) is 0 Å². The number of rotatable bonds is 5. The molecule has 0 saturated carbocycles. The molecule has 0 spiro atoms. The topological polar surface area (TPSA) is 66.9 Å². The Labute approximate surface area is 183 Å². The van der Waals surface area contributed by atoms with E-state index in [2.05, 4.69) is 10.3 Å². The fourth-order valence-electron chi connectivity index (χ4n) is 3.28. The van der Waals surface area contributed by atoms with Crippen LogP contribution in [0, 0.1) is 4.77 Å². The van der Waals surface area contributed by atoms with E-state index >= 15 is 0 Å². The monoisotopic (exact) mass is 435 g/mol. The fraction of sp³-hybridized carbons (Fsp3) is 0.0870. The summed E-state index contributed by atoms with van der Waals surface area (Å²) in [5.41, 5.74) is 2.43. The van der Waals surface area contributed by atoms with E-state index in [1.807, 2.05) is 30.3 Å². The van der Waals surface area contributed by atoms with Crippen LogP contribution in [-0.2, 0) is 6.42 Å². The number of benzene rings is 3. The highest BCUT2D eigenvalue weighted by Gasteiger charge is 2.11. The first-order chi connectivity index (χ1) is 14.5. The van der Waals surface area contributed by atoms with Crippen LogP contribution in [-0.4, -0.2) is 22.0 Å². The zero-order valence-corrected chi connectivity index (χ0v) is 17.5. The Kier molecular flexibility index (Phi) is 5.79. The fourth-order valence-corrected chi connectivity index (χ4v) is 3.75. The summed E-state index contributed by atoms with van der Waals surface area (Å²) in [5, 5.41) is 3.89. The van der Waals surface area contributed by atoms with E-state index in [-0.39, 0.29) is 16.2 Å². The van der Waals surface area contributed by atoms with E-state index in [0.29, 0.717) is 33.7 Å². The quantitative estimate of drug-likeness (QED) is 0.447. The molecular formula is C23H18ClN3O2S. The van der Waals surface area contributed by atoms with Gasteiger partial charge in [0.25, 0.3) is 11.5 Å². The first-order valence-corrected chi connectivity index (χ1v) is 10.2. The van der Waals surface area contributed by atoms with Gasteiger partial charge in [0.15, 0.2) is 4.77 Å². The smallest absolute Gasteiger partial charge is 0.266 e. The van der Waals surface area contributed by atoms with Crippen LogP contribution >= 0.6 is 23.8 Å². The molecule has 0 atom stereocenters. The van der Waals surface area contributed by atoms with Gasteiger partial charge in [0.05, 0.1) is 16.6 Å². The number of carbonyl (C=O) groups excluding carboxylic acids is 1. The number of hydrogen-bond acceptors (Lipinski definition) is 3. The van der Waals surface area contributed by atoms with Crippen LogP contribution in [0.2, 0.25) is 5.02 Å². The van der Waals surface area contributed by atoms with Crippen LogP contribution < -0.4 is 10.9 Å². The molecule has 150 valence electrons. The molecule has 0 unspecified atom stereocenters. The van der Waals surface area contributed by atoms with Crippen LogP contribution in [0.3, 0.4) is 0 Å². The van der Waals surface area contributed by atoms with E-state index < -0.39 is 0 Å². The minimum Gasteiger partial charge on any atom is -0.352 e. The zero-order valence-electron chi connectivity index (χ0n) is 15.9. The van der Waals surface area contributed by atoms with Gasteiger partial charge < -0.3 is 10.3 Å². The number of amides is 1. The van der Waals surface area contributed by atoms with Gasteiger partial charge in [0, 0.05) is 17.1 Å². The minimum absolute atomic E-state index is 0.205. The van der Waals surface area contributed by atoms with Crippen LogP contribution in [0.15, 0.2) is 77.6 Å². The van der Waals surface area contributed by atoms with Gasteiger partial charge in [-0.2, -0.15) is 0 Å². The molecule has 1 amide bonds. The average molecular weight is 436 g/mol. The second-order valence-electron chi connectivity index (χ2n) is 6.80. The van der Waals surface area contributed by atoms with Crippen molar-refractivity contribution >= 4 is 40.6 Å². The summed E-state index contributed by atoms with van der Waals surface area (Å²) < 4.78 is 1.61. The van der Waals surface area contributed by atoms with E-state index in [1.54, 1.807) is 42.5 Å². The molecule has 0 saturated heterocycles. The lowest BCUT2D eigenvalue weighted by Gasteiger charge is -2.10. The lowest BCUT2D eigenvalue weighted by Crippen LogP contribution is -2.26. The Bertz CT molecular complexity index is 1350. The molecule has 7 heteroatoms. The van der Waals surface area contributed by atoms with Crippen LogP contribution in [0.25, 0.3) is 16.6 Å². The second-order valence-corrected chi connectivity index (χ2v) is 7.63. The van der Waals surface area contributed by atoms with Crippen LogP contribution in [0.1, 0.15) is 15.9 Å². The van der Waals surface area contributed by atoms with Crippen molar-refractivity contribution < 1.29 is 4.79 Å². The maximum absolute atomic E-state index is 13.0. The molecule has 5 nitrogen and oxygen atoms in total. The predicted molar refractivity (Wildman–Crippen MR) is 122 cm³/mol. The summed E-state index contributed by atoms with van der Waals surface area (Å²) in [5.74, 6) is -0.205. The Balaban J connectivity index is 1.60. The van der Waals surface area contributed by atoms with Gasteiger partial charge in [-0.05, 0) is 60.6 Å². The number of halogens is 1. The molecule has 0 aliphatic heterocycles. The third kappa shape index (κ3) is 4.20. The molecule has 4 aromatic rings. The maximum Gasteiger partial charge on any atom is 0.266 e. The Morgan fingerprint density at radius 3 is 2.63 bits per heavy atom. The SMILES string of the molecule is O=C(NCCc1ccccc1)c1cccc(-n2c(=S)[nH]c3cc(Cl)ccc3c2=O)c1. The third-order valence-corrected chi connectivity index (χ3v) is 5.29.